The summed E-state index contributed by atoms with van der Waals surface area (Å²) in [4.78, 5) is 3.51. The number of aromatic amines is 1. The van der Waals surface area contributed by atoms with Crippen molar-refractivity contribution in [2.24, 2.45) is 5.73 Å². The van der Waals surface area contributed by atoms with Gasteiger partial charge in [0.25, 0.3) is 0 Å². The Hall–Kier alpha value is -1.28. The van der Waals surface area contributed by atoms with Crippen molar-refractivity contribution >= 4 is 10.9 Å². The van der Waals surface area contributed by atoms with Crippen molar-refractivity contribution in [2.45, 2.75) is 39.5 Å². The second kappa shape index (κ2) is 4.92. The van der Waals surface area contributed by atoms with Gasteiger partial charge in [-0.2, -0.15) is 0 Å². The van der Waals surface area contributed by atoms with Crippen molar-refractivity contribution < 1.29 is 0 Å². The molecule has 1 heterocycles. The molecule has 92 valence electrons. The van der Waals surface area contributed by atoms with Crippen LogP contribution in [-0.4, -0.2) is 11.5 Å². The standard InChI is InChI=1S/C15H22N2/c1-10(2)12-6-7-15-13(9-12)11(3)14(17-15)5-4-8-16/h6-7,9-10,17H,4-5,8,16H2,1-3H3. The number of rotatable bonds is 4. The highest BCUT2D eigenvalue weighted by atomic mass is 14.7. The SMILES string of the molecule is Cc1c(CCCN)[nH]c2ccc(C(C)C)cc12. The maximum Gasteiger partial charge on any atom is 0.0459 e. The molecular weight excluding hydrogens is 208 g/mol. The van der Waals surface area contributed by atoms with E-state index in [9.17, 15) is 0 Å². The Bertz CT molecular complexity index is 509. The first-order valence-electron chi connectivity index (χ1n) is 6.44. The molecule has 3 N–H and O–H groups in total. The van der Waals surface area contributed by atoms with Crippen LogP contribution in [0, 0.1) is 6.92 Å². The largest absolute Gasteiger partial charge is 0.358 e. The molecule has 0 aliphatic rings. The van der Waals surface area contributed by atoms with Crippen LogP contribution >= 0.6 is 0 Å². The van der Waals surface area contributed by atoms with Crippen molar-refractivity contribution in [1.29, 1.82) is 0 Å². The molecule has 0 unspecified atom stereocenters. The topological polar surface area (TPSA) is 41.8 Å². The molecule has 2 heteroatoms. The van der Waals surface area contributed by atoms with Gasteiger partial charge in [-0.1, -0.05) is 19.9 Å². The lowest BCUT2D eigenvalue weighted by Gasteiger charge is -2.04. The predicted octanol–water partition coefficient (Wildman–Crippen LogP) is 3.49. The van der Waals surface area contributed by atoms with Crippen molar-refractivity contribution in [3.63, 3.8) is 0 Å². The van der Waals surface area contributed by atoms with Crippen molar-refractivity contribution in [3.05, 3.63) is 35.0 Å². The Labute approximate surface area is 103 Å². The minimum absolute atomic E-state index is 0.584. The molecule has 0 spiro atoms. The second-order valence-corrected chi connectivity index (χ2v) is 5.08. The van der Waals surface area contributed by atoms with Gasteiger partial charge in [0, 0.05) is 16.6 Å². The Morgan fingerprint density at radius 1 is 1.29 bits per heavy atom. The monoisotopic (exact) mass is 230 g/mol. The van der Waals surface area contributed by atoms with Crippen LogP contribution in [0.15, 0.2) is 18.2 Å². The number of aryl methyl sites for hydroxylation is 2. The molecule has 2 rings (SSSR count). The van der Waals surface area contributed by atoms with Gasteiger partial charge >= 0.3 is 0 Å². The summed E-state index contributed by atoms with van der Waals surface area (Å²) in [5.74, 6) is 0.584. The van der Waals surface area contributed by atoms with Crippen LogP contribution in [0.2, 0.25) is 0 Å². The smallest absolute Gasteiger partial charge is 0.0459 e. The highest BCUT2D eigenvalue weighted by Gasteiger charge is 2.08. The summed E-state index contributed by atoms with van der Waals surface area (Å²) in [6.07, 6.45) is 2.10. The fourth-order valence-corrected chi connectivity index (χ4v) is 2.29. The molecule has 0 bridgehead atoms. The minimum Gasteiger partial charge on any atom is -0.358 e. The molecule has 0 radical (unpaired) electrons. The lowest BCUT2D eigenvalue weighted by Crippen LogP contribution is -2.01. The van der Waals surface area contributed by atoms with Gasteiger partial charge in [-0.15, -0.1) is 0 Å². The van der Waals surface area contributed by atoms with Crippen LogP contribution < -0.4 is 5.73 Å². The molecule has 17 heavy (non-hydrogen) atoms. The summed E-state index contributed by atoms with van der Waals surface area (Å²) in [7, 11) is 0. The third-order valence-corrected chi connectivity index (χ3v) is 3.48. The van der Waals surface area contributed by atoms with Crippen molar-refractivity contribution in [1.82, 2.24) is 4.98 Å². The molecular formula is C15H22N2. The van der Waals surface area contributed by atoms with Gasteiger partial charge in [0.2, 0.25) is 0 Å². The Morgan fingerprint density at radius 3 is 2.71 bits per heavy atom. The second-order valence-electron chi connectivity index (χ2n) is 5.08. The number of hydrogen-bond acceptors (Lipinski definition) is 1. The Balaban J connectivity index is 2.43. The van der Waals surface area contributed by atoms with E-state index in [1.54, 1.807) is 0 Å². The molecule has 0 saturated heterocycles. The van der Waals surface area contributed by atoms with Gasteiger partial charge < -0.3 is 10.7 Å². The fourth-order valence-electron chi connectivity index (χ4n) is 2.29. The average molecular weight is 230 g/mol. The molecule has 0 amide bonds. The number of aromatic nitrogens is 1. The van der Waals surface area contributed by atoms with E-state index in [2.05, 4.69) is 44.0 Å². The Morgan fingerprint density at radius 2 is 2.06 bits per heavy atom. The van der Waals surface area contributed by atoms with E-state index in [-0.39, 0.29) is 0 Å². The first-order valence-corrected chi connectivity index (χ1v) is 6.44. The summed E-state index contributed by atoms with van der Waals surface area (Å²) < 4.78 is 0. The van der Waals surface area contributed by atoms with E-state index in [1.807, 2.05) is 0 Å². The van der Waals surface area contributed by atoms with Crippen LogP contribution in [0.3, 0.4) is 0 Å². The maximum atomic E-state index is 5.57. The number of fused-ring (bicyclic) bond motifs is 1. The van der Waals surface area contributed by atoms with E-state index < -0.39 is 0 Å². The summed E-state index contributed by atoms with van der Waals surface area (Å²) in [5.41, 5.74) is 11.0. The third-order valence-electron chi connectivity index (χ3n) is 3.48. The molecule has 0 atom stereocenters. The van der Waals surface area contributed by atoms with Crippen LogP contribution in [0.5, 0.6) is 0 Å². The summed E-state index contributed by atoms with van der Waals surface area (Å²) in [5, 5.41) is 1.36. The van der Waals surface area contributed by atoms with Gasteiger partial charge in [0.05, 0.1) is 0 Å². The van der Waals surface area contributed by atoms with Crippen LogP contribution in [0.1, 0.15) is 43.0 Å². The lowest BCUT2D eigenvalue weighted by molar-refractivity contribution is 0.813. The average Bonchev–Trinajstić information content (AvgIpc) is 2.63. The lowest BCUT2D eigenvalue weighted by atomic mass is 10.00. The number of nitrogens with two attached hydrogens (primary N) is 1. The fraction of sp³-hybridized carbons (Fsp3) is 0.467. The number of hydrogen-bond donors (Lipinski definition) is 2. The van der Waals surface area contributed by atoms with Crippen molar-refractivity contribution in [3.8, 4) is 0 Å². The molecule has 1 aromatic heterocycles. The van der Waals surface area contributed by atoms with Crippen molar-refractivity contribution in [2.75, 3.05) is 6.54 Å². The van der Waals surface area contributed by atoms with Gasteiger partial charge in [0.15, 0.2) is 0 Å². The van der Waals surface area contributed by atoms with Crippen LogP contribution in [-0.2, 0) is 6.42 Å². The van der Waals surface area contributed by atoms with E-state index in [4.69, 9.17) is 5.73 Å². The van der Waals surface area contributed by atoms with E-state index in [0.717, 1.165) is 19.4 Å². The zero-order valence-corrected chi connectivity index (χ0v) is 11.0. The zero-order chi connectivity index (χ0) is 12.4. The molecule has 1 aromatic carbocycles. The van der Waals surface area contributed by atoms with Gasteiger partial charge in [0.1, 0.15) is 0 Å². The predicted molar refractivity (Wildman–Crippen MR) is 74.5 cm³/mol. The van der Waals surface area contributed by atoms with E-state index in [0.29, 0.717) is 5.92 Å². The van der Waals surface area contributed by atoms with Gasteiger partial charge in [-0.05, 0) is 55.5 Å². The molecule has 2 aromatic rings. The van der Waals surface area contributed by atoms with E-state index >= 15 is 0 Å². The van der Waals surface area contributed by atoms with Crippen LogP contribution in [0.25, 0.3) is 10.9 Å². The summed E-state index contributed by atoms with van der Waals surface area (Å²) >= 11 is 0. The number of nitrogens with one attached hydrogen (secondary N) is 1. The highest BCUT2D eigenvalue weighted by Crippen LogP contribution is 2.26. The summed E-state index contributed by atoms with van der Waals surface area (Å²) in [6.45, 7) is 7.43. The normalized spacial score (nSPS) is 11.6. The van der Waals surface area contributed by atoms with E-state index in [1.165, 1.54) is 27.7 Å². The minimum atomic E-state index is 0.584. The Kier molecular flexibility index (Phi) is 3.53. The zero-order valence-electron chi connectivity index (χ0n) is 11.0. The number of H-pyrrole nitrogens is 1. The molecule has 0 fully saturated rings. The first-order chi connectivity index (χ1) is 8.13. The van der Waals surface area contributed by atoms with Gasteiger partial charge in [-0.25, -0.2) is 0 Å². The molecule has 2 nitrogen and oxygen atoms in total. The number of benzene rings is 1. The van der Waals surface area contributed by atoms with Crippen LogP contribution in [0.4, 0.5) is 0 Å². The maximum absolute atomic E-state index is 5.57. The molecule has 0 aliphatic heterocycles. The summed E-state index contributed by atoms with van der Waals surface area (Å²) in [6, 6.07) is 6.73. The molecule has 0 saturated carbocycles. The third kappa shape index (κ3) is 2.37. The molecule has 0 aliphatic carbocycles. The first kappa shape index (κ1) is 12.2. The quantitative estimate of drug-likeness (QED) is 0.829. The highest BCUT2D eigenvalue weighted by molar-refractivity contribution is 5.85. The van der Waals surface area contributed by atoms with Gasteiger partial charge in [-0.3, -0.25) is 0 Å².